The summed E-state index contributed by atoms with van der Waals surface area (Å²) in [4.78, 5) is 0. The average Bonchev–Trinajstić information content (AvgIpc) is 2.56. The third-order valence-corrected chi connectivity index (χ3v) is 7.09. The average molecular weight is 304 g/mol. The molecular weight excluding hydrogens is 272 g/mol. The van der Waals surface area contributed by atoms with Crippen molar-refractivity contribution in [2.75, 3.05) is 6.61 Å². The first-order valence-electron chi connectivity index (χ1n) is 8.94. The normalized spacial score (nSPS) is 17.8. The lowest BCUT2D eigenvalue weighted by Gasteiger charge is -2.26. The van der Waals surface area contributed by atoms with E-state index in [4.69, 9.17) is 4.43 Å². The Morgan fingerprint density at radius 3 is 2.67 bits per heavy atom. The molecule has 117 valence electrons. The van der Waals surface area contributed by atoms with E-state index < -0.39 is 9.04 Å². The Morgan fingerprint density at radius 1 is 1.10 bits per heavy atom. The maximum absolute atomic E-state index is 6.14. The Hall–Kier alpha value is -0.603. The van der Waals surface area contributed by atoms with Gasteiger partial charge in [-0.05, 0) is 42.0 Å². The van der Waals surface area contributed by atoms with Crippen LogP contribution >= 0.6 is 0 Å². The van der Waals surface area contributed by atoms with Gasteiger partial charge in [0.2, 0.25) is 9.04 Å². The van der Waals surface area contributed by atoms with Crippen molar-refractivity contribution in [3.05, 3.63) is 29.8 Å². The predicted molar refractivity (Wildman–Crippen MR) is 93.6 cm³/mol. The molecule has 1 heterocycles. The molecule has 1 fully saturated rings. The van der Waals surface area contributed by atoms with Gasteiger partial charge in [0.1, 0.15) is 0 Å². The van der Waals surface area contributed by atoms with Crippen LogP contribution in [-0.4, -0.2) is 15.6 Å². The zero-order valence-electron chi connectivity index (χ0n) is 13.9. The smallest absolute Gasteiger partial charge is 0.246 e. The maximum Gasteiger partial charge on any atom is 0.246 e. The first-order valence-corrected chi connectivity index (χ1v) is 10.6. The molecular formula is C19H31OSi. The van der Waals surface area contributed by atoms with E-state index >= 15 is 0 Å². The fourth-order valence-corrected chi connectivity index (χ4v) is 5.79. The molecule has 0 aliphatic carbocycles. The van der Waals surface area contributed by atoms with Crippen LogP contribution in [0, 0.1) is 0 Å². The van der Waals surface area contributed by atoms with E-state index in [1.54, 1.807) is 10.8 Å². The van der Waals surface area contributed by atoms with Gasteiger partial charge >= 0.3 is 0 Å². The van der Waals surface area contributed by atoms with Crippen molar-refractivity contribution in [1.82, 2.24) is 0 Å². The van der Waals surface area contributed by atoms with Crippen molar-refractivity contribution in [3.63, 3.8) is 0 Å². The molecule has 1 unspecified atom stereocenters. The fraction of sp³-hybridized carbons (Fsp3) is 0.684. The Balaban J connectivity index is 2.05. The summed E-state index contributed by atoms with van der Waals surface area (Å²) >= 11 is 0. The topological polar surface area (TPSA) is 9.23 Å². The molecule has 0 saturated carbocycles. The van der Waals surface area contributed by atoms with Crippen LogP contribution in [0.4, 0.5) is 0 Å². The zero-order valence-corrected chi connectivity index (χ0v) is 14.9. The largest absolute Gasteiger partial charge is 0.412 e. The summed E-state index contributed by atoms with van der Waals surface area (Å²) in [5.41, 5.74) is 1.60. The molecule has 0 bridgehead atoms. The summed E-state index contributed by atoms with van der Waals surface area (Å²) < 4.78 is 6.14. The Morgan fingerprint density at radius 2 is 1.95 bits per heavy atom. The van der Waals surface area contributed by atoms with Gasteiger partial charge in [-0.25, -0.2) is 0 Å². The van der Waals surface area contributed by atoms with Crippen LogP contribution in [0.2, 0.25) is 6.04 Å². The molecule has 2 heteroatoms. The van der Waals surface area contributed by atoms with Gasteiger partial charge in [0.05, 0.1) is 0 Å². The van der Waals surface area contributed by atoms with Gasteiger partial charge in [0.25, 0.3) is 0 Å². The van der Waals surface area contributed by atoms with Crippen LogP contribution in [0.3, 0.4) is 0 Å². The molecule has 1 nitrogen and oxygen atoms in total. The molecule has 0 spiro atoms. The third-order valence-electron chi connectivity index (χ3n) is 4.67. The first-order chi connectivity index (χ1) is 10.4. The summed E-state index contributed by atoms with van der Waals surface area (Å²) in [6.45, 7) is 5.62. The number of rotatable bonds is 8. The highest BCUT2D eigenvalue weighted by molar-refractivity contribution is 6.68. The van der Waals surface area contributed by atoms with E-state index in [-0.39, 0.29) is 0 Å². The second-order valence-corrected chi connectivity index (χ2v) is 8.44. The van der Waals surface area contributed by atoms with Gasteiger partial charge in [0.15, 0.2) is 0 Å². The minimum atomic E-state index is -0.744. The van der Waals surface area contributed by atoms with Gasteiger partial charge in [-0.2, -0.15) is 0 Å². The molecule has 1 atom stereocenters. The number of unbranched alkanes of at least 4 members (excludes halogenated alkanes) is 3. The molecule has 1 saturated heterocycles. The van der Waals surface area contributed by atoms with Crippen molar-refractivity contribution in [2.24, 2.45) is 0 Å². The van der Waals surface area contributed by atoms with E-state index in [1.807, 2.05) is 0 Å². The number of hydrogen-bond donors (Lipinski definition) is 0. The van der Waals surface area contributed by atoms with Crippen molar-refractivity contribution >= 4 is 14.2 Å². The summed E-state index contributed by atoms with van der Waals surface area (Å²) in [7, 11) is -0.744. The van der Waals surface area contributed by atoms with Crippen LogP contribution < -0.4 is 5.19 Å². The zero-order chi connectivity index (χ0) is 14.9. The second-order valence-electron chi connectivity index (χ2n) is 6.27. The molecule has 1 aliphatic rings. The molecule has 1 radical (unpaired) electrons. The van der Waals surface area contributed by atoms with E-state index in [2.05, 4.69) is 38.1 Å². The van der Waals surface area contributed by atoms with Crippen molar-refractivity contribution in [3.8, 4) is 0 Å². The molecule has 0 aromatic heterocycles. The van der Waals surface area contributed by atoms with Crippen LogP contribution in [-0.2, 0) is 4.43 Å². The Bertz CT molecular complexity index is 398. The lowest BCUT2D eigenvalue weighted by molar-refractivity contribution is 0.294. The Kier molecular flexibility index (Phi) is 7.52. The van der Waals surface area contributed by atoms with E-state index in [1.165, 1.54) is 57.4 Å². The highest BCUT2D eigenvalue weighted by atomic mass is 28.3. The summed E-state index contributed by atoms with van der Waals surface area (Å²) in [5, 5.41) is 1.57. The predicted octanol–water partition coefficient (Wildman–Crippen LogP) is 5.16. The molecule has 0 amide bonds. The van der Waals surface area contributed by atoms with Crippen molar-refractivity contribution in [2.45, 2.75) is 77.2 Å². The molecule has 21 heavy (non-hydrogen) atoms. The van der Waals surface area contributed by atoms with Crippen molar-refractivity contribution < 1.29 is 4.43 Å². The first kappa shape index (κ1) is 16.8. The van der Waals surface area contributed by atoms with Gasteiger partial charge in [-0.1, -0.05) is 70.2 Å². The SMILES string of the molecule is CCCCCCC(CC)c1ccccc1[Si]1CCCCO1. The Labute approximate surface area is 132 Å². The molecule has 0 N–H and O–H groups in total. The van der Waals surface area contributed by atoms with Crippen LogP contribution in [0.25, 0.3) is 0 Å². The third kappa shape index (κ3) is 4.96. The van der Waals surface area contributed by atoms with Gasteiger partial charge < -0.3 is 4.43 Å². The summed E-state index contributed by atoms with van der Waals surface area (Å²) in [5.74, 6) is 0.737. The molecule has 1 aromatic rings. The lowest BCUT2D eigenvalue weighted by atomic mass is 9.91. The van der Waals surface area contributed by atoms with Crippen molar-refractivity contribution in [1.29, 1.82) is 0 Å². The van der Waals surface area contributed by atoms with Gasteiger partial charge in [0, 0.05) is 6.61 Å². The fourth-order valence-electron chi connectivity index (χ4n) is 3.37. The highest BCUT2D eigenvalue weighted by Crippen LogP contribution is 2.26. The summed E-state index contributed by atoms with van der Waals surface area (Å²) in [6.07, 6.45) is 10.7. The van der Waals surface area contributed by atoms with E-state index in [9.17, 15) is 0 Å². The molecule has 1 aromatic carbocycles. The quantitative estimate of drug-likeness (QED) is 0.476. The number of benzene rings is 1. The van der Waals surface area contributed by atoms with Crippen LogP contribution in [0.1, 0.15) is 76.7 Å². The van der Waals surface area contributed by atoms with E-state index in [0.717, 1.165) is 12.5 Å². The summed E-state index contributed by atoms with van der Waals surface area (Å²) in [6, 6.07) is 10.5. The maximum atomic E-state index is 6.14. The highest BCUT2D eigenvalue weighted by Gasteiger charge is 2.24. The van der Waals surface area contributed by atoms with Gasteiger partial charge in [-0.15, -0.1) is 0 Å². The minimum Gasteiger partial charge on any atom is -0.412 e. The van der Waals surface area contributed by atoms with Crippen LogP contribution in [0.5, 0.6) is 0 Å². The van der Waals surface area contributed by atoms with Crippen LogP contribution in [0.15, 0.2) is 24.3 Å². The monoisotopic (exact) mass is 303 g/mol. The lowest BCUT2D eigenvalue weighted by Crippen LogP contribution is -2.39. The second kappa shape index (κ2) is 9.42. The number of hydrogen-bond acceptors (Lipinski definition) is 1. The van der Waals surface area contributed by atoms with Gasteiger partial charge in [-0.3, -0.25) is 0 Å². The minimum absolute atomic E-state index is 0.737. The molecule has 1 aliphatic heterocycles. The molecule has 2 rings (SSSR count). The van der Waals surface area contributed by atoms with E-state index in [0.29, 0.717) is 0 Å². The standard InChI is InChI=1S/C19H31OSi/c1-3-5-6-7-12-17(4-2)18-13-8-9-14-19(18)21-16-11-10-15-20-21/h8-9,13-14,17H,3-7,10-12,15-16H2,1-2H3.